The molecule has 1 saturated carbocycles. The van der Waals surface area contributed by atoms with E-state index in [0.717, 1.165) is 30.0 Å². The highest BCUT2D eigenvalue weighted by atomic mass is 16.7. The van der Waals surface area contributed by atoms with E-state index in [1.807, 2.05) is 36.4 Å². The molecule has 1 aliphatic carbocycles. The predicted molar refractivity (Wildman–Crippen MR) is 124 cm³/mol. The standard InChI is InChI=1S/C27H32O5/c1-5-26(28)31-17-30-23-13-11-21(12-14-23)20-7-9-22(10-8-20)27(29)32-25-16-19(4)6-15-24(25)18(2)3/h5,7-14,18-19,24-25H,1,6,15-17H2,2-4H3. The van der Waals surface area contributed by atoms with E-state index in [-0.39, 0.29) is 18.9 Å². The van der Waals surface area contributed by atoms with Crippen molar-refractivity contribution in [2.45, 2.75) is 46.1 Å². The third-order valence-corrected chi connectivity index (χ3v) is 6.12. The van der Waals surface area contributed by atoms with Crippen LogP contribution in [0.2, 0.25) is 0 Å². The molecule has 0 bridgehead atoms. The summed E-state index contributed by atoms with van der Waals surface area (Å²) < 4.78 is 16.1. The number of rotatable bonds is 8. The molecule has 170 valence electrons. The first-order valence-electron chi connectivity index (χ1n) is 11.2. The Hall–Kier alpha value is -3.08. The molecule has 0 heterocycles. The minimum atomic E-state index is -0.530. The van der Waals surface area contributed by atoms with Crippen molar-refractivity contribution in [1.82, 2.24) is 0 Å². The van der Waals surface area contributed by atoms with Gasteiger partial charge in [0.15, 0.2) is 0 Å². The number of hydrogen-bond acceptors (Lipinski definition) is 5. The van der Waals surface area contributed by atoms with Gasteiger partial charge in [0, 0.05) is 6.08 Å². The predicted octanol–water partition coefficient (Wildman–Crippen LogP) is 6.04. The fourth-order valence-corrected chi connectivity index (χ4v) is 4.21. The van der Waals surface area contributed by atoms with Crippen molar-refractivity contribution >= 4 is 11.9 Å². The lowest BCUT2D eigenvalue weighted by atomic mass is 9.75. The van der Waals surface area contributed by atoms with Gasteiger partial charge in [0.05, 0.1) is 5.56 Å². The molecule has 0 N–H and O–H groups in total. The lowest BCUT2D eigenvalue weighted by Gasteiger charge is -2.36. The van der Waals surface area contributed by atoms with E-state index in [9.17, 15) is 9.59 Å². The lowest BCUT2D eigenvalue weighted by molar-refractivity contribution is -0.144. The van der Waals surface area contributed by atoms with Crippen molar-refractivity contribution in [2.24, 2.45) is 17.8 Å². The maximum absolute atomic E-state index is 12.8. The molecule has 2 aromatic carbocycles. The molecular weight excluding hydrogens is 404 g/mol. The second-order valence-corrected chi connectivity index (χ2v) is 8.80. The summed E-state index contributed by atoms with van der Waals surface area (Å²) in [7, 11) is 0. The molecule has 32 heavy (non-hydrogen) atoms. The monoisotopic (exact) mass is 436 g/mol. The van der Waals surface area contributed by atoms with E-state index in [0.29, 0.717) is 29.1 Å². The van der Waals surface area contributed by atoms with Crippen LogP contribution in [-0.2, 0) is 14.3 Å². The number of carbonyl (C=O) groups is 2. The average molecular weight is 437 g/mol. The molecule has 5 heteroatoms. The quantitative estimate of drug-likeness (QED) is 0.287. The summed E-state index contributed by atoms with van der Waals surface area (Å²) in [5.41, 5.74) is 2.54. The van der Waals surface area contributed by atoms with E-state index < -0.39 is 5.97 Å². The topological polar surface area (TPSA) is 61.8 Å². The van der Waals surface area contributed by atoms with Crippen molar-refractivity contribution in [1.29, 1.82) is 0 Å². The maximum Gasteiger partial charge on any atom is 0.338 e. The molecule has 5 nitrogen and oxygen atoms in total. The summed E-state index contributed by atoms with van der Waals surface area (Å²) in [4.78, 5) is 23.8. The molecule has 0 amide bonds. The van der Waals surface area contributed by atoms with Crippen LogP contribution in [0.5, 0.6) is 5.75 Å². The first-order valence-corrected chi connectivity index (χ1v) is 11.2. The Morgan fingerprint density at radius 2 is 1.66 bits per heavy atom. The van der Waals surface area contributed by atoms with E-state index in [4.69, 9.17) is 14.2 Å². The van der Waals surface area contributed by atoms with Crippen LogP contribution in [0.3, 0.4) is 0 Å². The highest BCUT2D eigenvalue weighted by Gasteiger charge is 2.33. The first-order chi connectivity index (χ1) is 15.4. The molecule has 0 saturated heterocycles. The molecule has 3 rings (SSSR count). The van der Waals surface area contributed by atoms with Crippen LogP contribution in [0.1, 0.15) is 50.4 Å². The summed E-state index contributed by atoms with van der Waals surface area (Å²) in [6, 6.07) is 14.9. The van der Waals surface area contributed by atoms with Crippen LogP contribution in [0.4, 0.5) is 0 Å². The number of carbonyl (C=O) groups excluding carboxylic acids is 2. The lowest BCUT2D eigenvalue weighted by Crippen LogP contribution is -2.35. The minimum Gasteiger partial charge on any atom is -0.458 e. The Morgan fingerprint density at radius 1 is 1.03 bits per heavy atom. The fraction of sp³-hybridized carbons (Fsp3) is 0.407. The number of esters is 2. The van der Waals surface area contributed by atoms with Gasteiger partial charge < -0.3 is 14.2 Å². The number of hydrogen-bond donors (Lipinski definition) is 0. The van der Waals surface area contributed by atoms with Gasteiger partial charge in [-0.3, -0.25) is 0 Å². The molecule has 0 aliphatic heterocycles. The summed E-state index contributed by atoms with van der Waals surface area (Å²) in [6.45, 7) is 9.81. The summed E-state index contributed by atoms with van der Waals surface area (Å²) in [5, 5.41) is 0. The highest BCUT2D eigenvalue weighted by molar-refractivity contribution is 5.90. The van der Waals surface area contributed by atoms with Gasteiger partial charge in [-0.25, -0.2) is 9.59 Å². The molecule has 3 unspecified atom stereocenters. The first kappa shape index (κ1) is 23.6. The zero-order chi connectivity index (χ0) is 23.1. The highest BCUT2D eigenvalue weighted by Crippen LogP contribution is 2.35. The van der Waals surface area contributed by atoms with Gasteiger partial charge in [0.1, 0.15) is 11.9 Å². The Bertz CT molecular complexity index is 914. The molecule has 1 aliphatic rings. The molecule has 2 aromatic rings. The molecule has 0 radical (unpaired) electrons. The average Bonchev–Trinajstić information content (AvgIpc) is 2.79. The Labute approximate surface area is 190 Å². The number of ether oxygens (including phenoxy) is 3. The third-order valence-electron chi connectivity index (χ3n) is 6.12. The van der Waals surface area contributed by atoms with Crippen LogP contribution < -0.4 is 4.74 Å². The normalized spacial score (nSPS) is 20.4. The van der Waals surface area contributed by atoms with E-state index in [1.165, 1.54) is 6.42 Å². The van der Waals surface area contributed by atoms with E-state index in [2.05, 4.69) is 27.4 Å². The molecule has 0 aromatic heterocycles. The minimum absolute atomic E-state index is 0.00998. The van der Waals surface area contributed by atoms with Crippen molar-refractivity contribution in [3.05, 3.63) is 66.7 Å². The Morgan fingerprint density at radius 3 is 2.25 bits per heavy atom. The molecular formula is C27H32O5. The van der Waals surface area contributed by atoms with Crippen molar-refractivity contribution in [2.75, 3.05) is 6.79 Å². The number of benzene rings is 2. The van der Waals surface area contributed by atoms with Gasteiger partial charge >= 0.3 is 11.9 Å². The third kappa shape index (κ3) is 6.22. The van der Waals surface area contributed by atoms with E-state index in [1.54, 1.807) is 12.1 Å². The fourth-order valence-electron chi connectivity index (χ4n) is 4.21. The smallest absolute Gasteiger partial charge is 0.338 e. The largest absolute Gasteiger partial charge is 0.458 e. The van der Waals surface area contributed by atoms with Crippen molar-refractivity contribution in [3.8, 4) is 16.9 Å². The van der Waals surface area contributed by atoms with Gasteiger partial charge in [0.2, 0.25) is 6.79 Å². The Balaban J connectivity index is 1.60. The zero-order valence-corrected chi connectivity index (χ0v) is 19.1. The van der Waals surface area contributed by atoms with Crippen LogP contribution in [-0.4, -0.2) is 24.8 Å². The van der Waals surface area contributed by atoms with Crippen LogP contribution in [0.25, 0.3) is 11.1 Å². The second-order valence-electron chi connectivity index (χ2n) is 8.80. The SMILES string of the molecule is C=CC(=O)OCOc1ccc(-c2ccc(C(=O)OC3CC(C)CCC3C(C)C)cc2)cc1. The van der Waals surface area contributed by atoms with Gasteiger partial charge in [-0.1, -0.05) is 58.0 Å². The van der Waals surface area contributed by atoms with Gasteiger partial charge in [0.25, 0.3) is 0 Å². The van der Waals surface area contributed by atoms with Crippen molar-refractivity contribution < 1.29 is 23.8 Å². The second kappa shape index (κ2) is 11.0. The van der Waals surface area contributed by atoms with Gasteiger partial charge in [-0.15, -0.1) is 0 Å². The maximum atomic E-state index is 12.8. The van der Waals surface area contributed by atoms with E-state index >= 15 is 0 Å². The van der Waals surface area contributed by atoms with Crippen LogP contribution >= 0.6 is 0 Å². The van der Waals surface area contributed by atoms with Gasteiger partial charge in [-0.05, 0) is 66.0 Å². The summed E-state index contributed by atoms with van der Waals surface area (Å²) in [5.74, 6) is 1.33. The van der Waals surface area contributed by atoms with Crippen LogP contribution in [0.15, 0.2) is 61.2 Å². The molecule has 0 spiro atoms. The molecule has 3 atom stereocenters. The van der Waals surface area contributed by atoms with Crippen LogP contribution in [0, 0.1) is 17.8 Å². The van der Waals surface area contributed by atoms with Crippen molar-refractivity contribution in [3.63, 3.8) is 0 Å². The molecule has 1 fully saturated rings. The Kier molecular flexibility index (Phi) is 8.09. The zero-order valence-electron chi connectivity index (χ0n) is 19.1. The summed E-state index contributed by atoms with van der Waals surface area (Å²) >= 11 is 0. The summed E-state index contributed by atoms with van der Waals surface area (Å²) in [6.07, 6.45) is 4.34. The van der Waals surface area contributed by atoms with Gasteiger partial charge in [-0.2, -0.15) is 0 Å².